The number of nitrogens with two attached hydrogens (primary N) is 1. The van der Waals surface area contributed by atoms with Crippen LogP contribution >= 0.6 is 0 Å². The molecule has 3 N–H and O–H groups in total. The molecule has 2 atom stereocenters. The van der Waals surface area contributed by atoms with Crippen LogP contribution in [0.5, 0.6) is 0 Å². The lowest BCUT2D eigenvalue weighted by Crippen LogP contribution is -2.27. The number of nitrogens with one attached hydrogen (secondary N) is 1. The van der Waals surface area contributed by atoms with E-state index in [0.717, 1.165) is 11.1 Å². The van der Waals surface area contributed by atoms with Gasteiger partial charge in [-0.05, 0) is 24.3 Å². The van der Waals surface area contributed by atoms with Crippen molar-refractivity contribution < 1.29 is 4.74 Å². The highest BCUT2D eigenvalue weighted by atomic mass is 16.5. The van der Waals surface area contributed by atoms with Gasteiger partial charge in [-0.2, -0.15) is 0 Å². The van der Waals surface area contributed by atoms with Crippen molar-refractivity contribution in [2.45, 2.75) is 51.7 Å². The average molecular weight is 260 g/mol. The Kier molecular flexibility index (Phi) is 4.97. The highest BCUT2D eigenvalue weighted by Gasteiger charge is 2.24. The molecule has 2 unspecified atom stereocenters. The van der Waals surface area contributed by atoms with E-state index in [1.807, 2.05) is 24.3 Å². The van der Waals surface area contributed by atoms with Crippen molar-refractivity contribution in [2.24, 2.45) is 11.7 Å². The molecule has 1 aliphatic rings. The summed E-state index contributed by atoms with van der Waals surface area (Å²) >= 11 is 0. The van der Waals surface area contributed by atoms with Gasteiger partial charge in [0.15, 0.2) is 0 Å². The van der Waals surface area contributed by atoms with Crippen molar-refractivity contribution in [3.8, 4) is 0 Å². The fraction of sp³-hybridized carbons (Fsp3) is 0.562. The molecule has 3 nitrogen and oxygen atoms in total. The lowest BCUT2D eigenvalue weighted by molar-refractivity contribution is -0.0222. The summed E-state index contributed by atoms with van der Waals surface area (Å²) in [5.41, 5.74) is 7.43. The average Bonchev–Trinajstić information content (AvgIpc) is 2.45. The van der Waals surface area contributed by atoms with Crippen LogP contribution in [0.15, 0.2) is 24.3 Å². The van der Waals surface area contributed by atoms with Gasteiger partial charge in [0.25, 0.3) is 0 Å². The summed E-state index contributed by atoms with van der Waals surface area (Å²) in [5, 5.41) is 7.60. The topological polar surface area (TPSA) is 59.1 Å². The second-order valence-electron chi connectivity index (χ2n) is 5.37. The van der Waals surface area contributed by atoms with Crippen LogP contribution in [0.1, 0.15) is 50.2 Å². The molecule has 1 aromatic carbocycles. The first-order chi connectivity index (χ1) is 9.22. The van der Waals surface area contributed by atoms with Crippen molar-refractivity contribution in [1.29, 1.82) is 5.41 Å². The van der Waals surface area contributed by atoms with E-state index in [9.17, 15) is 0 Å². The third-order valence-corrected chi connectivity index (χ3v) is 4.12. The molecule has 0 amide bonds. The van der Waals surface area contributed by atoms with Gasteiger partial charge in [-0.15, -0.1) is 0 Å². The molecule has 104 valence electrons. The first kappa shape index (κ1) is 14.1. The van der Waals surface area contributed by atoms with Crippen LogP contribution < -0.4 is 5.73 Å². The van der Waals surface area contributed by atoms with E-state index in [4.69, 9.17) is 15.9 Å². The zero-order chi connectivity index (χ0) is 13.7. The van der Waals surface area contributed by atoms with Crippen molar-refractivity contribution in [1.82, 2.24) is 0 Å². The van der Waals surface area contributed by atoms with E-state index < -0.39 is 0 Å². The second kappa shape index (κ2) is 6.71. The van der Waals surface area contributed by atoms with Gasteiger partial charge in [0.05, 0.1) is 12.7 Å². The van der Waals surface area contributed by atoms with Crippen LogP contribution in [-0.2, 0) is 11.3 Å². The van der Waals surface area contributed by atoms with E-state index in [1.54, 1.807) is 0 Å². The van der Waals surface area contributed by atoms with Gasteiger partial charge in [-0.25, -0.2) is 0 Å². The molecule has 1 fully saturated rings. The first-order valence-electron chi connectivity index (χ1n) is 7.26. The zero-order valence-corrected chi connectivity index (χ0v) is 11.7. The van der Waals surface area contributed by atoms with E-state index in [1.165, 1.54) is 32.1 Å². The van der Waals surface area contributed by atoms with Crippen LogP contribution in [0.3, 0.4) is 0 Å². The Bertz CT molecular complexity index is 431. The Morgan fingerprint density at radius 3 is 2.79 bits per heavy atom. The standard InChI is InChI=1S/C16H24N2O/c1-2-12-7-4-6-10-15(12)19-11-13-8-3-5-9-14(13)16(17)18/h3,5,8-9,12,15H,2,4,6-7,10-11H2,1H3,(H3,17,18). The predicted octanol–water partition coefficient (Wildman–Crippen LogP) is 3.46. The summed E-state index contributed by atoms with van der Waals surface area (Å²) in [6.07, 6.45) is 6.63. The Balaban J connectivity index is 2.00. The number of nitrogen functional groups attached to an aromatic ring is 1. The van der Waals surface area contributed by atoms with Gasteiger partial charge in [-0.3, -0.25) is 5.41 Å². The summed E-state index contributed by atoms with van der Waals surface area (Å²) in [5.74, 6) is 0.813. The molecule has 0 aromatic heterocycles. The Morgan fingerprint density at radius 2 is 2.05 bits per heavy atom. The molecule has 0 aliphatic heterocycles. The Hall–Kier alpha value is -1.35. The van der Waals surface area contributed by atoms with Crippen LogP contribution in [0.25, 0.3) is 0 Å². The van der Waals surface area contributed by atoms with Crippen LogP contribution in [-0.4, -0.2) is 11.9 Å². The number of ether oxygens (including phenoxy) is 1. The number of rotatable bonds is 5. The minimum Gasteiger partial charge on any atom is -0.384 e. The molecular weight excluding hydrogens is 236 g/mol. The van der Waals surface area contributed by atoms with Crippen LogP contribution in [0, 0.1) is 11.3 Å². The number of benzene rings is 1. The minimum absolute atomic E-state index is 0.120. The summed E-state index contributed by atoms with van der Waals surface area (Å²) < 4.78 is 6.11. The fourth-order valence-electron chi connectivity index (χ4n) is 2.97. The smallest absolute Gasteiger partial charge is 0.123 e. The summed E-state index contributed by atoms with van der Waals surface area (Å²) in [6, 6.07) is 7.78. The van der Waals surface area contributed by atoms with Crippen molar-refractivity contribution >= 4 is 5.84 Å². The summed E-state index contributed by atoms with van der Waals surface area (Å²) in [7, 11) is 0. The van der Waals surface area contributed by atoms with Gasteiger partial charge in [0.2, 0.25) is 0 Å². The van der Waals surface area contributed by atoms with E-state index in [2.05, 4.69) is 6.92 Å². The van der Waals surface area contributed by atoms with Crippen LogP contribution in [0.4, 0.5) is 0 Å². The Morgan fingerprint density at radius 1 is 1.32 bits per heavy atom. The number of amidine groups is 1. The predicted molar refractivity (Wildman–Crippen MR) is 78.3 cm³/mol. The van der Waals surface area contributed by atoms with E-state index >= 15 is 0 Å². The van der Waals surface area contributed by atoms with Gasteiger partial charge < -0.3 is 10.5 Å². The highest BCUT2D eigenvalue weighted by molar-refractivity contribution is 5.96. The molecule has 2 rings (SSSR count). The Labute approximate surface area is 115 Å². The molecule has 1 aliphatic carbocycles. The normalized spacial score (nSPS) is 23.2. The van der Waals surface area contributed by atoms with Gasteiger partial charge in [-0.1, -0.05) is 50.5 Å². The molecule has 0 radical (unpaired) electrons. The largest absolute Gasteiger partial charge is 0.384 e. The van der Waals surface area contributed by atoms with Gasteiger partial charge in [0.1, 0.15) is 5.84 Å². The van der Waals surface area contributed by atoms with Crippen molar-refractivity contribution in [3.63, 3.8) is 0 Å². The first-order valence-corrected chi connectivity index (χ1v) is 7.26. The van der Waals surface area contributed by atoms with E-state index in [-0.39, 0.29) is 5.84 Å². The molecule has 0 heterocycles. The van der Waals surface area contributed by atoms with Gasteiger partial charge in [0, 0.05) is 5.56 Å². The summed E-state index contributed by atoms with van der Waals surface area (Å²) in [4.78, 5) is 0. The SMILES string of the molecule is CCC1CCCCC1OCc1ccccc1C(=N)N. The molecule has 0 saturated heterocycles. The number of hydrogen-bond acceptors (Lipinski definition) is 2. The molecule has 1 aromatic rings. The molecule has 1 saturated carbocycles. The van der Waals surface area contributed by atoms with Gasteiger partial charge >= 0.3 is 0 Å². The second-order valence-corrected chi connectivity index (χ2v) is 5.37. The third-order valence-electron chi connectivity index (χ3n) is 4.12. The van der Waals surface area contributed by atoms with Crippen LogP contribution in [0.2, 0.25) is 0 Å². The van der Waals surface area contributed by atoms with E-state index in [0.29, 0.717) is 18.6 Å². The fourth-order valence-corrected chi connectivity index (χ4v) is 2.97. The lowest BCUT2D eigenvalue weighted by Gasteiger charge is -2.31. The molecule has 3 heteroatoms. The van der Waals surface area contributed by atoms with Crippen molar-refractivity contribution in [3.05, 3.63) is 35.4 Å². The lowest BCUT2D eigenvalue weighted by atomic mass is 9.85. The maximum Gasteiger partial charge on any atom is 0.123 e. The molecule has 0 bridgehead atoms. The quantitative estimate of drug-likeness (QED) is 0.629. The minimum atomic E-state index is 0.120. The monoisotopic (exact) mass is 260 g/mol. The maximum atomic E-state index is 7.60. The molecular formula is C16H24N2O. The number of hydrogen-bond donors (Lipinski definition) is 2. The zero-order valence-electron chi connectivity index (χ0n) is 11.7. The molecule has 19 heavy (non-hydrogen) atoms. The molecule has 0 spiro atoms. The third kappa shape index (κ3) is 3.57. The summed E-state index contributed by atoms with van der Waals surface area (Å²) in [6.45, 7) is 2.81. The highest BCUT2D eigenvalue weighted by Crippen LogP contribution is 2.29. The van der Waals surface area contributed by atoms with Crippen molar-refractivity contribution in [2.75, 3.05) is 0 Å². The maximum absolute atomic E-state index is 7.60.